The van der Waals surface area contributed by atoms with E-state index in [-0.39, 0.29) is 10.6 Å². The second-order valence-corrected chi connectivity index (χ2v) is 8.47. The van der Waals surface area contributed by atoms with Crippen molar-refractivity contribution in [1.29, 1.82) is 5.26 Å². The minimum Gasteiger partial charge on any atom is -0.299 e. The molecule has 0 atom stereocenters. The largest absolute Gasteiger partial charge is 0.299 e. The minimum atomic E-state index is -0.345. The predicted molar refractivity (Wildman–Crippen MR) is 119 cm³/mol. The van der Waals surface area contributed by atoms with Crippen LogP contribution in [-0.2, 0) is 19.3 Å². The number of nitriles is 1. The van der Waals surface area contributed by atoms with Crippen molar-refractivity contribution in [3.05, 3.63) is 63.0 Å². The molecule has 0 bridgehead atoms. The maximum absolute atomic E-state index is 11.0. The standard InChI is InChI=1S/C23H25N7O2/c24-15-21-19-6-1-2-7-20(19)23-22(21)25-16-26-29(23)28-12-10-27(11-13-28)9-8-17-4-3-5-18(14-17)30(31)32/h3-5,14,16H,1-2,6-13H2. The number of non-ortho nitro benzene ring substituents is 1. The van der Waals surface area contributed by atoms with E-state index in [1.807, 2.05) is 10.9 Å². The lowest BCUT2D eigenvalue weighted by atomic mass is 9.94. The van der Waals surface area contributed by atoms with E-state index in [0.29, 0.717) is 0 Å². The Morgan fingerprint density at radius 1 is 1.12 bits per heavy atom. The van der Waals surface area contributed by atoms with Crippen molar-refractivity contribution in [2.24, 2.45) is 0 Å². The molecule has 5 rings (SSSR count). The molecule has 2 aliphatic heterocycles. The Morgan fingerprint density at radius 2 is 1.91 bits per heavy atom. The summed E-state index contributed by atoms with van der Waals surface area (Å²) in [5, 5.41) is 27.5. The summed E-state index contributed by atoms with van der Waals surface area (Å²) < 4.78 is 0. The van der Waals surface area contributed by atoms with E-state index in [9.17, 15) is 15.4 Å². The first-order valence-electron chi connectivity index (χ1n) is 11.1. The molecular formula is C23H25N7O2. The van der Waals surface area contributed by atoms with Gasteiger partial charge in [0, 0.05) is 44.9 Å². The maximum Gasteiger partial charge on any atom is 0.269 e. The van der Waals surface area contributed by atoms with Gasteiger partial charge in [-0.05, 0) is 48.8 Å². The predicted octanol–water partition coefficient (Wildman–Crippen LogP) is 2.54. The second kappa shape index (κ2) is 8.55. The fourth-order valence-electron chi connectivity index (χ4n) is 4.98. The number of nitro groups is 1. The molecule has 9 heteroatoms. The van der Waals surface area contributed by atoms with Gasteiger partial charge in [0.2, 0.25) is 0 Å². The molecule has 0 spiro atoms. The molecule has 2 aliphatic carbocycles. The van der Waals surface area contributed by atoms with E-state index in [2.05, 4.69) is 26.1 Å². The van der Waals surface area contributed by atoms with Crippen LogP contribution in [0.2, 0.25) is 0 Å². The Labute approximate surface area is 186 Å². The first kappa shape index (κ1) is 20.4. The SMILES string of the molecule is N#Cc1c2ncnn(N3CCN(CCc4cccc([N+](=O)[O-])c4)CC3)c-2c2c1CCCC2. The number of fused-ring (bicyclic) bond motifs is 3. The normalized spacial score (nSPS) is 16.7. The van der Waals surface area contributed by atoms with Gasteiger partial charge in [-0.2, -0.15) is 10.1 Å². The van der Waals surface area contributed by atoms with Crippen LogP contribution in [0.5, 0.6) is 0 Å². The van der Waals surface area contributed by atoms with Crippen molar-refractivity contribution in [2.75, 3.05) is 37.7 Å². The van der Waals surface area contributed by atoms with Crippen LogP contribution >= 0.6 is 0 Å². The van der Waals surface area contributed by atoms with Gasteiger partial charge in [-0.1, -0.05) is 12.1 Å². The molecule has 1 fully saturated rings. The van der Waals surface area contributed by atoms with Gasteiger partial charge in [0.25, 0.3) is 5.69 Å². The third kappa shape index (κ3) is 3.67. The van der Waals surface area contributed by atoms with Gasteiger partial charge in [0.05, 0.1) is 10.5 Å². The van der Waals surface area contributed by atoms with Gasteiger partial charge in [-0.15, -0.1) is 5.10 Å². The molecule has 0 unspecified atom stereocenters. The molecule has 1 saturated heterocycles. The summed E-state index contributed by atoms with van der Waals surface area (Å²) >= 11 is 0. The van der Waals surface area contributed by atoms with Gasteiger partial charge in [0.1, 0.15) is 23.8 Å². The molecule has 9 nitrogen and oxygen atoms in total. The molecule has 32 heavy (non-hydrogen) atoms. The van der Waals surface area contributed by atoms with Crippen LogP contribution in [0.1, 0.15) is 35.1 Å². The molecule has 2 heterocycles. The lowest BCUT2D eigenvalue weighted by Gasteiger charge is -2.37. The van der Waals surface area contributed by atoms with Crippen molar-refractivity contribution < 1.29 is 4.92 Å². The zero-order valence-corrected chi connectivity index (χ0v) is 17.9. The molecule has 0 saturated carbocycles. The van der Waals surface area contributed by atoms with E-state index < -0.39 is 0 Å². The summed E-state index contributed by atoms with van der Waals surface area (Å²) in [7, 11) is 0. The fourth-order valence-corrected chi connectivity index (χ4v) is 4.98. The summed E-state index contributed by atoms with van der Waals surface area (Å²) in [6, 6.07) is 9.27. The highest BCUT2D eigenvalue weighted by molar-refractivity contribution is 5.76. The van der Waals surface area contributed by atoms with E-state index in [1.165, 1.54) is 17.2 Å². The zero-order valence-electron chi connectivity index (χ0n) is 17.9. The van der Waals surface area contributed by atoms with Crippen LogP contribution in [-0.4, -0.2) is 57.4 Å². The van der Waals surface area contributed by atoms with Crippen molar-refractivity contribution in [1.82, 2.24) is 19.8 Å². The number of nitrogens with zero attached hydrogens (tertiary/aromatic N) is 7. The average Bonchev–Trinajstić information content (AvgIpc) is 3.17. The number of nitro benzene ring substituents is 1. The van der Waals surface area contributed by atoms with E-state index in [4.69, 9.17) is 0 Å². The highest BCUT2D eigenvalue weighted by atomic mass is 16.6. The van der Waals surface area contributed by atoms with Gasteiger partial charge < -0.3 is 0 Å². The number of benzene rings is 1. The van der Waals surface area contributed by atoms with Crippen molar-refractivity contribution >= 4 is 5.69 Å². The Morgan fingerprint density at radius 3 is 2.66 bits per heavy atom. The Hall–Kier alpha value is -3.51. The summed E-state index contributed by atoms with van der Waals surface area (Å²) in [6.07, 6.45) is 6.52. The fraction of sp³-hybridized carbons (Fsp3) is 0.435. The first-order chi connectivity index (χ1) is 15.7. The Bertz CT molecular complexity index is 1160. The number of hydrogen-bond donors (Lipinski definition) is 0. The number of aromatic nitrogens is 3. The molecule has 0 N–H and O–H groups in total. The van der Waals surface area contributed by atoms with Crippen LogP contribution in [0.25, 0.3) is 11.4 Å². The zero-order chi connectivity index (χ0) is 22.1. The third-order valence-corrected chi connectivity index (χ3v) is 6.63. The van der Waals surface area contributed by atoms with Crippen LogP contribution in [0.4, 0.5) is 5.69 Å². The molecule has 1 aromatic carbocycles. The number of rotatable bonds is 5. The average molecular weight is 432 g/mol. The van der Waals surface area contributed by atoms with Crippen LogP contribution in [0.15, 0.2) is 30.6 Å². The van der Waals surface area contributed by atoms with E-state index in [1.54, 1.807) is 18.5 Å². The molecular weight excluding hydrogens is 406 g/mol. The van der Waals surface area contributed by atoms with Crippen LogP contribution < -0.4 is 5.01 Å². The first-order valence-corrected chi connectivity index (χ1v) is 11.1. The highest BCUT2D eigenvalue weighted by Crippen LogP contribution is 2.38. The molecule has 0 aromatic heterocycles. The summed E-state index contributed by atoms with van der Waals surface area (Å²) in [6.45, 7) is 4.30. The topological polar surface area (TPSA) is 104 Å². The molecule has 164 valence electrons. The van der Waals surface area contributed by atoms with Crippen molar-refractivity contribution in [3.63, 3.8) is 0 Å². The molecule has 0 radical (unpaired) electrons. The molecule has 0 amide bonds. The van der Waals surface area contributed by atoms with Crippen LogP contribution in [0, 0.1) is 21.4 Å². The summed E-state index contributed by atoms with van der Waals surface area (Å²) in [5.74, 6) is 0. The lowest BCUT2D eigenvalue weighted by Crippen LogP contribution is -2.52. The lowest BCUT2D eigenvalue weighted by molar-refractivity contribution is -0.384. The van der Waals surface area contributed by atoms with Gasteiger partial charge in [-0.25, -0.2) is 4.98 Å². The smallest absolute Gasteiger partial charge is 0.269 e. The Kier molecular flexibility index (Phi) is 5.45. The minimum absolute atomic E-state index is 0.145. The number of piperazine rings is 1. The van der Waals surface area contributed by atoms with Gasteiger partial charge >= 0.3 is 0 Å². The van der Waals surface area contributed by atoms with Crippen molar-refractivity contribution in [2.45, 2.75) is 32.1 Å². The quantitative estimate of drug-likeness (QED) is 0.452. The van der Waals surface area contributed by atoms with Gasteiger partial charge in [-0.3, -0.25) is 20.0 Å². The maximum atomic E-state index is 11.0. The number of hydrogen-bond acceptors (Lipinski definition) is 7. The molecule has 1 aromatic rings. The van der Waals surface area contributed by atoms with Crippen LogP contribution in [0.3, 0.4) is 0 Å². The molecule has 4 aliphatic rings. The Balaban J connectivity index is 1.28. The van der Waals surface area contributed by atoms with Gasteiger partial charge in [0.15, 0.2) is 0 Å². The van der Waals surface area contributed by atoms with E-state index >= 15 is 0 Å². The van der Waals surface area contributed by atoms with E-state index in [0.717, 1.165) is 87.3 Å². The van der Waals surface area contributed by atoms with Crippen molar-refractivity contribution in [3.8, 4) is 17.5 Å². The second-order valence-electron chi connectivity index (χ2n) is 8.47. The highest BCUT2D eigenvalue weighted by Gasteiger charge is 2.31. The third-order valence-electron chi connectivity index (χ3n) is 6.63. The summed E-state index contributed by atoms with van der Waals surface area (Å²) in [4.78, 5) is 19.5. The monoisotopic (exact) mass is 431 g/mol. The summed E-state index contributed by atoms with van der Waals surface area (Å²) in [5.41, 5.74) is 6.05.